The molecule has 2 aromatic carbocycles. The van der Waals surface area contributed by atoms with E-state index in [-0.39, 0.29) is 23.1 Å². The number of thiophene rings is 1. The van der Waals surface area contributed by atoms with E-state index >= 15 is 0 Å². The van der Waals surface area contributed by atoms with Crippen molar-refractivity contribution in [3.05, 3.63) is 75.4 Å². The summed E-state index contributed by atoms with van der Waals surface area (Å²) in [4.78, 5) is 46.6. The first-order valence-electron chi connectivity index (χ1n) is 11.1. The molecule has 178 valence electrons. The van der Waals surface area contributed by atoms with E-state index in [0.29, 0.717) is 38.3 Å². The lowest BCUT2D eigenvalue weighted by Gasteiger charge is -2.30. The number of rotatable bonds is 4. The standard InChI is InChI=1S/C26H22FN3O4S/c1-13(23(31)17-7-10-20-19(11-17)29(4)25(32)14(2)34-20)30-12-28-24-22(26(30)33)21(15(3)35-24)16-5-8-18(27)9-6-16/h5-14H,1-4H3. The fourth-order valence-electron chi connectivity index (χ4n) is 4.39. The lowest BCUT2D eigenvalue weighted by atomic mass is 10.0. The first kappa shape index (κ1) is 22.9. The lowest BCUT2D eigenvalue weighted by molar-refractivity contribution is -0.125. The Morgan fingerprint density at radius 1 is 1.17 bits per heavy atom. The summed E-state index contributed by atoms with van der Waals surface area (Å²) in [5, 5.41) is 0.402. The molecular formula is C26H22FN3O4S. The summed E-state index contributed by atoms with van der Waals surface area (Å²) < 4.78 is 20.4. The number of fused-ring (bicyclic) bond motifs is 2. The average Bonchev–Trinajstić information content (AvgIpc) is 3.19. The van der Waals surface area contributed by atoms with Crippen molar-refractivity contribution in [1.29, 1.82) is 0 Å². The molecule has 0 saturated heterocycles. The third kappa shape index (κ3) is 3.72. The van der Waals surface area contributed by atoms with E-state index in [1.54, 1.807) is 51.2 Å². The van der Waals surface area contributed by atoms with Gasteiger partial charge in [0.1, 0.15) is 16.4 Å². The van der Waals surface area contributed by atoms with Crippen LogP contribution in [0, 0.1) is 12.7 Å². The highest BCUT2D eigenvalue weighted by atomic mass is 32.1. The molecule has 0 saturated carbocycles. The number of anilines is 1. The summed E-state index contributed by atoms with van der Waals surface area (Å²) in [5.74, 6) is -0.354. The Kier molecular flexibility index (Phi) is 5.52. The van der Waals surface area contributed by atoms with Gasteiger partial charge in [0.15, 0.2) is 11.9 Å². The van der Waals surface area contributed by atoms with Crippen LogP contribution in [0.2, 0.25) is 0 Å². The molecule has 35 heavy (non-hydrogen) atoms. The zero-order valence-electron chi connectivity index (χ0n) is 19.5. The molecule has 0 N–H and O–H groups in total. The van der Waals surface area contributed by atoms with Gasteiger partial charge in [0, 0.05) is 23.1 Å². The van der Waals surface area contributed by atoms with Crippen molar-refractivity contribution in [2.24, 2.45) is 0 Å². The number of aryl methyl sites for hydroxylation is 1. The number of carbonyl (C=O) groups excluding carboxylic acids is 2. The Labute approximate surface area is 204 Å². The van der Waals surface area contributed by atoms with E-state index in [1.807, 2.05) is 6.92 Å². The van der Waals surface area contributed by atoms with Crippen molar-refractivity contribution in [2.75, 3.05) is 11.9 Å². The molecule has 1 amide bonds. The number of amides is 1. The van der Waals surface area contributed by atoms with Gasteiger partial charge in [-0.1, -0.05) is 12.1 Å². The Morgan fingerprint density at radius 3 is 2.60 bits per heavy atom. The molecule has 2 unspecified atom stereocenters. The highest BCUT2D eigenvalue weighted by Crippen LogP contribution is 2.37. The van der Waals surface area contributed by atoms with Crippen molar-refractivity contribution < 1.29 is 18.7 Å². The predicted octanol–water partition coefficient (Wildman–Crippen LogP) is 4.76. The second-order valence-corrected chi connectivity index (χ2v) is 9.76. The van der Waals surface area contributed by atoms with Gasteiger partial charge in [-0.25, -0.2) is 9.37 Å². The van der Waals surface area contributed by atoms with E-state index in [1.165, 1.54) is 39.3 Å². The summed E-state index contributed by atoms with van der Waals surface area (Å²) >= 11 is 1.38. The quantitative estimate of drug-likeness (QED) is 0.385. The molecule has 3 heterocycles. The molecule has 0 bridgehead atoms. The predicted molar refractivity (Wildman–Crippen MR) is 133 cm³/mol. The summed E-state index contributed by atoms with van der Waals surface area (Å²) in [6.07, 6.45) is 0.782. The molecule has 2 aromatic heterocycles. The van der Waals surface area contributed by atoms with Crippen LogP contribution in [-0.2, 0) is 4.79 Å². The second-order valence-electron chi connectivity index (χ2n) is 8.56. The van der Waals surface area contributed by atoms with Crippen LogP contribution in [-0.4, -0.2) is 34.4 Å². The van der Waals surface area contributed by atoms with Crippen LogP contribution in [0.1, 0.15) is 35.1 Å². The van der Waals surface area contributed by atoms with E-state index in [9.17, 15) is 18.8 Å². The normalized spacial score (nSPS) is 16.2. The molecule has 9 heteroatoms. The van der Waals surface area contributed by atoms with Gasteiger partial charge >= 0.3 is 0 Å². The topological polar surface area (TPSA) is 81.5 Å². The van der Waals surface area contributed by atoms with Gasteiger partial charge in [-0.05, 0) is 56.7 Å². The SMILES string of the molecule is Cc1sc2ncn(C(C)C(=O)c3ccc4c(c3)N(C)C(=O)C(C)O4)c(=O)c2c1-c1ccc(F)cc1. The number of nitrogens with zero attached hydrogens (tertiary/aromatic N) is 3. The third-order valence-corrected chi connectivity index (χ3v) is 7.34. The first-order chi connectivity index (χ1) is 16.7. The van der Waals surface area contributed by atoms with Crippen molar-refractivity contribution in [1.82, 2.24) is 9.55 Å². The van der Waals surface area contributed by atoms with Crippen LogP contribution in [0.3, 0.4) is 0 Å². The molecule has 0 aliphatic carbocycles. The van der Waals surface area contributed by atoms with E-state index in [2.05, 4.69) is 4.98 Å². The van der Waals surface area contributed by atoms with E-state index in [4.69, 9.17) is 4.74 Å². The molecule has 0 radical (unpaired) electrons. The zero-order chi connectivity index (χ0) is 25.0. The van der Waals surface area contributed by atoms with Crippen LogP contribution in [0.4, 0.5) is 10.1 Å². The van der Waals surface area contributed by atoms with Gasteiger partial charge in [0.2, 0.25) is 0 Å². The van der Waals surface area contributed by atoms with Crippen LogP contribution in [0.5, 0.6) is 5.75 Å². The maximum Gasteiger partial charge on any atom is 0.267 e. The molecule has 1 aliphatic rings. The molecule has 0 spiro atoms. The minimum absolute atomic E-state index is 0.206. The van der Waals surface area contributed by atoms with Crippen molar-refractivity contribution >= 4 is 38.9 Å². The number of Topliss-reactive ketones (excluding diaryl/α,β-unsaturated/α-hetero) is 1. The Balaban J connectivity index is 1.56. The number of carbonyl (C=O) groups is 2. The number of hydrogen-bond donors (Lipinski definition) is 0. The van der Waals surface area contributed by atoms with Gasteiger partial charge in [-0.3, -0.25) is 19.0 Å². The van der Waals surface area contributed by atoms with Gasteiger partial charge in [0.25, 0.3) is 11.5 Å². The second kappa shape index (κ2) is 8.42. The zero-order valence-corrected chi connectivity index (χ0v) is 20.4. The fourth-order valence-corrected chi connectivity index (χ4v) is 5.39. The largest absolute Gasteiger partial charge is 0.479 e. The third-order valence-electron chi connectivity index (χ3n) is 6.33. The molecule has 1 aliphatic heterocycles. The summed E-state index contributed by atoms with van der Waals surface area (Å²) in [6.45, 7) is 5.20. The molecule has 2 atom stereocenters. The number of ketones is 1. The number of benzene rings is 2. The first-order valence-corrected chi connectivity index (χ1v) is 11.9. The maximum atomic E-state index is 13.6. The molecule has 7 nitrogen and oxygen atoms in total. The Hall–Kier alpha value is -3.85. The Bertz CT molecular complexity index is 1560. The molecular weight excluding hydrogens is 469 g/mol. The number of aromatic nitrogens is 2. The minimum atomic E-state index is -0.844. The number of halogens is 1. The number of likely N-dealkylation sites (N-methyl/N-ethyl adjacent to an activating group) is 1. The van der Waals surface area contributed by atoms with Crippen LogP contribution in [0.15, 0.2) is 53.6 Å². The van der Waals surface area contributed by atoms with Crippen molar-refractivity contribution in [3.8, 4) is 16.9 Å². The van der Waals surface area contributed by atoms with E-state index < -0.39 is 12.1 Å². The van der Waals surface area contributed by atoms with Crippen molar-refractivity contribution in [2.45, 2.75) is 32.9 Å². The summed E-state index contributed by atoms with van der Waals surface area (Å²) in [5.41, 5.74) is 1.90. The lowest BCUT2D eigenvalue weighted by Crippen LogP contribution is -2.42. The summed E-state index contributed by atoms with van der Waals surface area (Å²) in [7, 11) is 1.64. The Morgan fingerprint density at radius 2 is 1.89 bits per heavy atom. The minimum Gasteiger partial charge on any atom is -0.479 e. The van der Waals surface area contributed by atoms with Gasteiger partial charge in [-0.2, -0.15) is 0 Å². The molecule has 5 rings (SSSR count). The highest BCUT2D eigenvalue weighted by molar-refractivity contribution is 7.19. The fraction of sp³-hybridized carbons (Fsp3) is 0.231. The smallest absolute Gasteiger partial charge is 0.267 e. The van der Waals surface area contributed by atoms with Crippen LogP contribution >= 0.6 is 11.3 Å². The van der Waals surface area contributed by atoms with Crippen LogP contribution < -0.4 is 15.2 Å². The van der Waals surface area contributed by atoms with Gasteiger partial charge < -0.3 is 9.64 Å². The van der Waals surface area contributed by atoms with Crippen LogP contribution in [0.25, 0.3) is 21.3 Å². The molecule has 4 aromatic rings. The highest BCUT2D eigenvalue weighted by Gasteiger charge is 2.30. The van der Waals surface area contributed by atoms with Gasteiger partial charge in [0.05, 0.1) is 23.4 Å². The average molecular weight is 492 g/mol. The maximum absolute atomic E-state index is 13.6. The van der Waals surface area contributed by atoms with Crippen molar-refractivity contribution in [3.63, 3.8) is 0 Å². The molecule has 0 fully saturated rings. The number of ether oxygens (including phenoxy) is 1. The monoisotopic (exact) mass is 491 g/mol. The number of hydrogen-bond acceptors (Lipinski definition) is 6. The van der Waals surface area contributed by atoms with E-state index in [0.717, 1.165) is 4.88 Å². The van der Waals surface area contributed by atoms with Gasteiger partial charge in [-0.15, -0.1) is 11.3 Å². The summed E-state index contributed by atoms with van der Waals surface area (Å²) in [6, 6.07) is 10.0.